The van der Waals surface area contributed by atoms with Crippen molar-refractivity contribution in [3.63, 3.8) is 0 Å². The Morgan fingerprint density at radius 3 is 2.79 bits per heavy atom. The Morgan fingerprint density at radius 1 is 1.37 bits per heavy atom. The van der Waals surface area contributed by atoms with E-state index >= 15 is 0 Å². The first-order valence-corrected chi connectivity index (χ1v) is 5.77. The van der Waals surface area contributed by atoms with Crippen molar-refractivity contribution in [1.29, 1.82) is 0 Å². The Kier molecular flexibility index (Phi) is 3.55. The fourth-order valence-corrected chi connectivity index (χ4v) is 1.85. The zero-order chi connectivity index (χ0) is 14.0. The van der Waals surface area contributed by atoms with E-state index in [0.717, 1.165) is 5.56 Å². The van der Waals surface area contributed by atoms with Crippen LogP contribution < -0.4 is 15.8 Å². The number of benzene rings is 1. The zero-order valence-electron chi connectivity index (χ0n) is 10.0. The second kappa shape index (κ2) is 4.99. The summed E-state index contributed by atoms with van der Waals surface area (Å²) in [5, 5.41) is 2.63. The Hall–Kier alpha value is -1.92. The molecular weight excluding hydrogens is 261 g/mol. The summed E-state index contributed by atoms with van der Waals surface area (Å²) in [6, 6.07) is 3.15. The van der Waals surface area contributed by atoms with Crippen LogP contribution in [0.2, 0.25) is 0 Å². The maximum Gasteiger partial charge on any atom is 0.389 e. The van der Waals surface area contributed by atoms with Gasteiger partial charge in [-0.1, -0.05) is 0 Å². The molecule has 0 aliphatic carbocycles. The minimum absolute atomic E-state index is 0.0730. The van der Waals surface area contributed by atoms with Gasteiger partial charge in [-0.3, -0.25) is 4.79 Å². The maximum absolute atomic E-state index is 12.0. The highest BCUT2D eigenvalue weighted by Gasteiger charge is 2.26. The number of hydrogen-bond acceptors (Lipinski definition) is 3. The number of anilines is 2. The third-order valence-corrected chi connectivity index (χ3v) is 2.72. The van der Waals surface area contributed by atoms with E-state index in [-0.39, 0.29) is 25.4 Å². The molecule has 7 heteroatoms. The fourth-order valence-electron chi connectivity index (χ4n) is 1.85. The molecule has 0 aromatic heterocycles. The van der Waals surface area contributed by atoms with E-state index in [0.29, 0.717) is 17.1 Å². The molecule has 1 aliphatic rings. The lowest BCUT2D eigenvalue weighted by Gasteiger charge is -2.11. The highest BCUT2D eigenvalue weighted by molar-refractivity contribution is 6.00. The summed E-state index contributed by atoms with van der Waals surface area (Å²) in [6.07, 6.45) is -4.95. The number of carbonyl (C=O) groups excluding carboxylic acids is 1. The van der Waals surface area contributed by atoms with Crippen LogP contribution in [0.1, 0.15) is 18.4 Å². The summed E-state index contributed by atoms with van der Waals surface area (Å²) in [4.78, 5) is 11.2. The molecule has 0 saturated carbocycles. The lowest BCUT2D eigenvalue weighted by atomic mass is 10.1. The standard InChI is InChI=1S/C12H13F3N2O2/c13-12(14,15)2-1-3-19-10-6-9-7(4-8(10)16)5-11(18)17-9/h4,6H,1-3,5,16H2,(H,17,18). The van der Waals surface area contributed by atoms with Gasteiger partial charge in [-0.05, 0) is 18.1 Å². The van der Waals surface area contributed by atoms with Gasteiger partial charge in [0.1, 0.15) is 5.75 Å². The smallest absolute Gasteiger partial charge is 0.389 e. The lowest BCUT2D eigenvalue weighted by Crippen LogP contribution is -2.10. The van der Waals surface area contributed by atoms with Crippen LogP contribution in [0.5, 0.6) is 5.75 Å². The first kappa shape index (κ1) is 13.5. The Morgan fingerprint density at radius 2 is 2.11 bits per heavy atom. The first-order valence-electron chi connectivity index (χ1n) is 5.77. The van der Waals surface area contributed by atoms with Gasteiger partial charge in [0.25, 0.3) is 0 Å². The SMILES string of the molecule is Nc1cc2c(cc1OCCCC(F)(F)F)NC(=O)C2. The van der Waals surface area contributed by atoms with Gasteiger partial charge in [-0.2, -0.15) is 13.2 Å². The van der Waals surface area contributed by atoms with Gasteiger partial charge in [0.15, 0.2) is 0 Å². The quantitative estimate of drug-likeness (QED) is 0.655. The molecular formula is C12H13F3N2O2. The van der Waals surface area contributed by atoms with Gasteiger partial charge in [0, 0.05) is 18.2 Å². The molecule has 0 radical (unpaired) electrons. The van der Waals surface area contributed by atoms with E-state index in [4.69, 9.17) is 10.5 Å². The summed E-state index contributed by atoms with van der Waals surface area (Å²) < 4.78 is 41.1. The van der Waals surface area contributed by atoms with Crippen LogP contribution in [-0.2, 0) is 11.2 Å². The number of nitrogens with two attached hydrogens (primary N) is 1. The number of ether oxygens (including phenoxy) is 1. The number of alkyl halides is 3. The number of hydrogen-bond donors (Lipinski definition) is 2. The number of fused-ring (bicyclic) bond motifs is 1. The molecule has 104 valence electrons. The normalized spacial score (nSPS) is 14.2. The molecule has 1 aromatic carbocycles. The van der Waals surface area contributed by atoms with Gasteiger partial charge in [-0.25, -0.2) is 0 Å². The van der Waals surface area contributed by atoms with Crippen molar-refractivity contribution in [1.82, 2.24) is 0 Å². The van der Waals surface area contributed by atoms with Crippen molar-refractivity contribution >= 4 is 17.3 Å². The summed E-state index contributed by atoms with van der Waals surface area (Å²) in [6.45, 7) is -0.0730. The second-order valence-electron chi connectivity index (χ2n) is 4.34. The number of nitrogens with one attached hydrogen (secondary N) is 1. The number of halogens is 3. The number of rotatable bonds is 4. The van der Waals surface area contributed by atoms with Crippen molar-refractivity contribution in [3.05, 3.63) is 17.7 Å². The van der Waals surface area contributed by atoms with Gasteiger partial charge >= 0.3 is 6.18 Å². The molecule has 0 fully saturated rings. The molecule has 0 unspecified atom stereocenters. The third kappa shape index (κ3) is 3.52. The van der Waals surface area contributed by atoms with Crippen LogP contribution in [-0.4, -0.2) is 18.7 Å². The second-order valence-corrected chi connectivity index (χ2v) is 4.34. The van der Waals surface area contributed by atoms with Crippen molar-refractivity contribution in [2.75, 3.05) is 17.7 Å². The van der Waals surface area contributed by atoms with E-state index in [1.54, 1.807) is 12.1 Å². The summed E-state index contributed by atoms with van der Waals surface area (Å²) in [5.74, 6) is 0.159. The zero-order valence-corrected chi connectivity index (χ0v) is 10.0. The van der Waals surface area contributed by atoms with Crippen LogP contribution in [0.25, 0.3) is 0 Å². The van der Waals surface area contributed by atoms with Crippen molar-refractivity contribution in [3.8, 4) is 5.75 Å². The Balaban J connectivity index is 1.95. The average molecular weight is 274 g/mol. The van der Waals surface area contributed by atoms with E-state index < -0.39 is 12.6 Å². The molecule has 0 atom stereocenters. The lowest BCUT2D eigenvalue weighted by molar-refractivity contribution is -0.136. The van der Waals surface area contributed by atoms with Crippen LogP contribution in [0.4, 0.5) is 24.5 Å². The van der Waals surface area contributed by atoms with E-state index in [2.05, 4.69) is 5.32 Å². The summed E-state index contributed by atoms with van der Waals surface area (Å²) in [5.41, 5.74) is 7.41. The molecule has 1 aromatic rings. The van der Waals surface area contributed by atoms with E-state index in [9.17, 15) is 18.0 Å². The number of nitrogen functional groups attached to an aromatic ring is 1. The fraction of sp³-hybridized carbons (Fsp3) is 0.417. The molecule has 0 bridgehead atoms. The van der Waals surface area contributed by atoms with Gasteiger partial charge < -0.3 is 15.8 Å². The van der Waals surface area contributed by atoms with E-state index in [1.165, 1.54) is 0 Å². The predicted molar refractivity (Wildman–Crippen MR) is 64.0 cm³/mol. The molecule has 1 amide bonds. The Bertz CT molecular complexity index is 500. The molecule has 0 spiro atoms. The van der Waals surface area contributed by atoms with Gasteiger partial charge in [0.2, 0.25) is 5.91 Å². The summed E-state index contributed by atoms with van der Waals surface area (Å²) in [7, 11) is 0. The van der Waals surface area contributed by atoms with Gasteiger partial charge in [0.05, 0.1) is 18.7 Å². The number of carbonyl (C=O) groups is 1. The Labute approximate surface area is 107 Å². The van der Waals surface area contributed by atoms with Crippen LogP contribution in [0, 0.1) is 0 Å². The molecule has 2 rings (SSSR count). The molecule has 0 saturated heterocycles. The minimum Gasteiger partial charge on any atom is -0.491 e. The number of amides is 1. The van der Waals surface area contributed by atoms with Crippen LogP contribution in [0.15, 0.2) is 12.1 Å². The average Bonchev–Trinajstić information content (AvgIpc) is 2.62. The molecule has 19 heavy (non-hydrogen) atoms. The summed E-state index contributed by atoms with van der Waals surface area (Å²) >= 11 is 0. The minimum atomic E-state index is -4.18. The van der Waals surface area contributed by atoms with Crippen molar-refractivity contribution in [2.45, 2.75) is 25.4 Å². The predicted octanol–water partition coefficient (Wildman–Crippen LogP) is 2.48. The first-order chi connectivity index (χ1) is 8.85. The van der Waals surface area contributed by atoms with Crippen molar-refractivity contribution < 1.29 is 22.7 Å². The highest BCUT2D eigenvalue weighted by atomic mass is 19.4. The molecule has 1 aliphatic heterocycles. The van der Waals surface area contributed by atoms with E-state index in [1.807, 2.05) is 0 Å². The molecule has 3 N–H and O–H groups in total. The van der Waals surface area contributed by atoms with Gasteiger partial charge in [-0.15, -0.1) is 0 Å². The molecule has 4 nitrogen and oxygen atoms in total. The monoisotopic (exact) mass is 274 g/mol. The third-order valence-electron chi connectivity index (χ3n) is 2.72. The highest BCUT2D eigenvalue weighted by Crippen LogP contribution is 2.33. The van der Waals surface area contributed by atoms with Crippen molar-refractivity contribution in [2.24, 2.45) is 0 Å². The van der Waals surface area contributed by atoms with Crippen LogP contribution in [0.3, 0.4) is 0 Å². The molecule has 1 heterocycles. The largest absolute Gasteiger partial charge is 0.491 e. The topological polar surface area (TPSA) is 64.3 Å². The van der Waals surface area contributed by atoms with Crippen LogP contribution >= 0.6 is 0 Å². The maximum atomic E-state index is 12.0.